The molecule has 10 unspecified atom stereocenters. The number of hydrogen-bond donors (Lipinski definition) is 3. The summed E-state index contributed by atoms with van der Waals surface area (Å²) in [5.41, 5.74) is 0. The molecule has 0 aromatic rings. The second-order valence-electron chi connectivity index (χ2n) is 16.0. The van der Waals surface area contributed by atoms with Crippen molar-refractivity contribution in [2.75, 3.05) is 19.6 Å². The summed E-state index contributed by atoms with van der Waals surface area (Å²) >= 11 is 0. The molecule has 6 aliphatic rings. The van der Waals surface area contributed by atoms with Crippen molar-refractivity contribution in [3.63, 3.8) is 0 Å². The molecule has 10 atom stereocenters. The maximum Gasteiger partial charge on any atom is 0.391 e. The molecule has 3 saturated carbocycles. The molecule has 3 aliphatic carbocycles. The molecule has 0 spiro atoms. The number of halogens is 3. The lowest BCUT2D eigenvalue weighted by Gasteiger charge is -2.54. The monoisotopic (exact) mass is 638 g/mol. The van der Waals surface area contributed by atoms with Gasteiger partial charge in [-0.05, 0) is 102 Å². The second kappa shape index (κ2) is 14.0. The summed E-state index contributed by atoms with van der Waals surface area (Å²) < 4.78 is 42.2. The van der Waals surface area contributed by atoms with Gasteiger partial charge in [0.15, 0.2) is 0 Å². The van der Waals surface area contributed by atoms with Crippen LogP contribution in [0.5, 0.6) is 0 Å². The van der Waals surface area contributed by atoms with Crippen LogP contribution in [-0.4, -0.2) is 88.8 Å². The molecule has 0 radical (unpaired) electrons. The summed E-state index contributed by atoms with van der Waals surface area (Å²) in [6, 6.07) is 0.661. The highest BCUT2D eigenvalue weighted by Gasteiger charge is 2.51. The Labute approximate surface area is 267 Å². The Morgan fingerprint density at radius 3 is 2.33 bits per heavy atom. The van der Waals surface area contributed by atoms with Gasteiger partial charge in [0.1, 0.15) is 0 Å². The maximum atomic E-state index is 14.4. The topological polar surface area (TPSA) is 84.9 Å². The zero-order valence-electron chi connectivity index (χ0n) is 27.4. The normalized spacial score (nSPS) is 41.5. The van der Waals surface area contributed by atoms with Gasteiger partial charge in [0.25, 0.3) is 0 Å². The van der Waals surface area contributed by atoms with Crippen LogP contribution in [-0.2, 0) is 9.59 Å². The number of carbonyl (C=O) groups is 2. The summed E-state index contributed by atoms with van der Waals surface area (Å²) in [5.74, 6) is -1.13. The number of likely N-dealkylation sites (tertiary alicyclic amines) is 2. The number of nitrogens with one attached hydrogen (secondary N) is 2. The number of hydrogen-bond acceptors (Lipinski definition) is 5. The third kappa shape index (κ3) is 7.53. The summed E-state index contributed by atoms with van der Waals surface area (Å²) in [5, 5.41) is 16.8. The van der Waals surface area contributed by atoms with Crippen LogP contribution in [0.2, 0.25) is 0 Å². The minimum atomic E-state index is -4.33. The van der Waals surface area contributed by atoms with E-state index in [1.54, 1.807) is 0 Å². The van der Waals surface area contributed by atoms with E-state index in [1.165, 1.54) is 19.3 Å². The van der Waals surface area contributed by atoms with Gasteiger partial charge in [-0.3, -0.25) is 9.59 Å². The molecule has 0 aromatic carbocycles. The van der Waals surface area contributed by atoms with E-state index in [4.69, 9.17) is 0 Å². The quantitative estimate of drug-likeness (QED) is 0.383. The lowest BCUT2D eigenvalue weighted by Crippen LogP contribution is -2.64. The first kappa shape index (κ1) is 33.5. The third-order valence-electron chi connectivity index (χ3n) is 13.0. The summed E-state index contributed by atoms with van der Waals surface area (Å²) in [4.78, 5) is 32.6. The zero-order chi connectivity index (χ0) is 31.9. The van der Waals surface area contributed by atoms with Crippen molar-refractivity contribution < 1.29 is 27.9 Å². The van der Waals surface area contributed by atoms with Gasteiger partial charge in [0.05, 0.1) is 12.0 Å². The highest BCUT2D eigenvalue weighted by molar-refractivity contribution is 5.81. The molecule has 6 fully saturated rings. The van der Waals surface area contributed by atoms with E-state index in [1.807, 2.05) is 0 Å². The number of fused-ring (bicyclic) bond motifs is 1. The molecule has 256 valence electrons. The van der Waals surface area contributed by atoms with Crippen LogP contribution in [0.1, 0.15) is 110 Å². The SMILES string of the molecule is CC1CC2C(CN1)CC(C1CC(NC(=O)C3CC(N4CCC(O)CC4)CC(C(F)(F)F)C3)CCC1C)C(=O)N2C1CCCCC1. The van der Waals surface area contributed by atoms with E-state index in [0.717, 1.165) is 51.5 Å². The van der Waals surface area contributed by atoms with Crippen molar-refractivity contribution in [3.05, 3.63) is 0 Å². The Morgan fingerprint density at radius 2 is 1.62 bits per heavy atom. The van der Waals surface area contributed by atoms with Gasteiger partial charge in [0.2, 0.25) is 11.8 Å². The van der Waals surface area contributed by atoms with Gasteiger partial charge in [-0.25, -0.2) is 0 Å². The van der Waals surface area contributed by atoms with Gasteiger partial charge in [-0.2, -0.15) is 13.2 Å². The van der Waals surface area contributed by atoms with Gasteiger partial charge in [0, 0.05) is 61.7 Å². The fourth-order valence-corrected chi connectivity index (χ4v) is 10.3. The lowest BCUT2D eigenvalue weighted by atomic mass is 9.65. The van der Waals surface area contributed by atoms with E-state index in [0.29, 0.717) is 68.2 Å². The Morgan fingerprint density at radius 1 is 0.889 bits per heavy atom. The smallest absolute Gasteiger partial charge is 0.391 e. The standard InChI is InChI=1S/C35H57F3N4O3/c1-21-8-9-26(40-33(44)23-15-25(35(36,37)38)18-28(16-23)41-12-10-29(43)11-13-41)19-30(21)31-17-24-20-39-22(2)14-32(24)42(34(31)45)27-6-4-3-5-7-27/h21-32,39,43H,3-20H2,1-2H3,(H,40,44). The molecular formula is C35H57F3N4O3. The van der Waals surface area contributed by atoms with Gasteiger partial charge in [-0.15, -0.1) is 0 Å². The molecule has 0 bridgehead atoms. The molecule has 3 heterocycles. The molecule has 3 N–H and O–H groups in total. The fourth-order valence-electron chi connectivity index (χ4n) is 10.3. The molecular weight excluding hydrogens is 581 g/mol. The highest BCUT2D eigenvalue weighted by atomic mass is 19.4. The van der Waals surface area contributed by atoms with Crippen LogP contribution in [0, 0.1) is 35.5 Å². The largest absolute Gasteiger partial charge is 0.393 e. The Kier molecular flexibility index (Phi) is 10.4. The number of rotatable bonds is 5. The van der Waals surface area contributed by atoms with Crippen LogP contribution in [0.15, 0.2) is 0 Å². The number of nitrogens with zero attached hydrogens (tertiary/aromatic N) is 2. The molecule has 10 heteroatoms. The molecule has 0 aromatic heterocycles. The van der Waals surface area contributed by atoms with Crippen molar-refractivity contribution >= 4 is 11.8 Å². The molecule has 2 amide bonds. The molecule has 7 nitrogen and oxygen atoms in total. The van der Waals surface area contributed by atoms with E-state index >= 15 is 0 Å². The minimum Gasteiger partial charge on any atom is -0.393 e. The third-order valence-corrected chi connectivity index (χ3v) is 13.0. The van der Waals surface area contributed by atoms with Gasteiger partial charge >= 0.3 is 6.18 Å². The van der Waals surface area contributed by atoms with E-state index in [2.05, 4.69) is 34.3 Å². The number of aliphatic hydroxyl groups is 1. The van der Waals surface area contributed by atoms with Crippen LogP contribution in [0.4, 0.5) is 13.2 Å². The van der Waals surface area contributed by atoms with E-state index < -0.39 is 24.1 Å². The van der Waals surface area contributed by atoms with Gasteiger partial charge < -0.3 is 25.5 Å². The number of piperidine rings is 3. The highest BCUT2D eigenvalue weighted by Crippen LogP contribution is 2.46. The summed E-state index contributed by atoms with van der Waals surface area (Å²) in [6.07, 6.45) is 6.93. The molecule has 6 rings (SSSR count). The van der Waals surface area contributed by atoms with Crippen LogP contribution in [0.3, 0.4) is 0 Å². The van der Waals surface area contributed by atoms with Crippen molar-refractivity contribution in [2.45, 2.75) is 153 Å². The fraction of sp³-hybridized carbons (Fsp3) is 0.943. The summed E-state index contributed by atoms with van der Waals surface area (Å²) in [6.45, 7) is 6.58. The second-order valence-corrected chi connectivity index (χ2v) is 16.0. The predicted octanol–water partition coefficient (Wildman–Crippen LogP) is 5.26. The van der Waals surface area contributed by atoms with E-state index in [-0.39, 0.29) is 42.7 Å². The molecule has 45 heavy (non-hydrogen) atoms. The number of amides is 2. The summed E-state index contributed by atoms with van der Waals surface area (Å²) in [7, 11) is 0. The van der Waals surface area contributed by atoms with E-state index in [9.17, 15) is 27.9 Å². The van der Waals surface area contributed by atoms with Gasteiger partial charge in [-0.1, -0.05) is 26.2 Å². The number of alkyl halides is 3. The molecule has 3 saturated heterocycles. The number of aliphatic hydroxyl groups excluding tert-OH is 1. The minimum absolute atomic E-state index is 0.0312. The Hall–Kier alpha value is -1.39. The van der Waals surface area contributed by atoms with Crippen LogP contribution < -0.4 is 10.6 Å². The average Bonchev–Trinajstić information content (AvgIpc) is 3.02. The Bertz CT molecular complexity index is 1030. The van der Waals surface area contributed by atoms with Crippen LogP contribution >= 0.6 is 0 Å². The van der Waals surface area contributed by atoms with Crippen molar-refractivity contribution in [2.24, 2.45) is 35.5 Å². The maximum absolute atomic E-state index is 14.4. The van der Waals surface area contributed by atoms with Crippen molar-refractivity contribution in [3.8, 4) is 0 Å². The zero-order valence-corrected chi connectivity index (χ0v) is 27.4. The first-order valence-electron chi connectivity index (χ1n) is 18.3. The van der Waals surface area contributed by atoms with Crippen LogP contribution in [0.25, 0.3) is 0 Å². The Balaban J connectivity index is 1.13. The lowest BCUT2D eigenvalue weighted by molar-refractivity contribution is -0.192. The predicted molar refractivity (Wildman–Crippen MR) is 167 cm³/mol. The average molecular weight is 639 g/mol. The number of carbonyl (C=O) groups excluding carboxylic acids is 2. The van der Waals surface area contributed by atoms with Crippen molar-refractivity contribution in [1.82, 2.24) is 20.4 Å². The first-order valence-corrected chi connectivity index (χ1v) is 18.3. The first-order chi connectivity index (χ1) is 21.5. The van der Waals surface area contributed by atoms with Crippen molar-refractivity contribution in [1.29, 1.82) is 0 Å². The molecule has 3 aliphatic heterocycles.